The molecule has 1 heterocycles. The summed E-state index contributed by atoms with van der Waals surface area (Å²) in [6.07, 6.45) is 3.57. The molecular formula is C12H22N2O3. The minimum absolute atomic E-state index is 0.00287. The summed E-state index contributed by atoms with van der Waals surface area (Å²) in [4.78, 5) is 24.4. The van der Waals surface area contributed by atoms with Crippen LogP contribution in [0.25, 0.3) is 0 Å². The van der Waals surface area contributed by atoms with Gasteiger partial charge < -0.3 is 15.7 Å². The Kier molecular flexibility index (Phi) is 5.41. The van der Waals surface area contributed by atoms with Gasteiger partial charge in [0.25, 0.3) is 0 Å². The van der Waals surface area contributed by atoms with Gasteiger partial charge in [-0.3, -0.25) is 9.59 Å². The quantitative estimate of drug-likeness (QED) is 0.748. The van der Waals surface area contributed by atoms with Crippen LogP contribution in [0.5, 0.6) is 0 Å². The lowest BCUT2D eigenvalue weighted by molar-refractivity contribution is -0.145. The average Bonchev–Trinajstić information content (AvgIpc) is 2.29. The highest BCUT2D eigenvalue weighted by Gasteiger charge is 2.28. The van der Waals surface area contributed by atoms with Crippen LogP contribution >= 0.6 is 0 Å². The van der Waals surface area contributed by atoms with Gasteiger partial charge in [-0.15, -0.1) is 0 Å². The molecule has 0 aromatic rings. The number of rotatable bonds is 5. The largest absolute Gasteiger partial charge is 0.481 e. The van der Waals surface area contributed by atoms with Gasteiger partial charge in [0, 0.05) is 25.6 Å². The normalized spacial score (nSPS) is 22.2. The Labute approximate surface area is 102 Å². The van der Waals surface area contributed by atoms with Crippen molar-refractivity contribution in [2.75, 3.05) is 13.1 Å². The molecule has 1 amide bonds. The van der Waals surface area contributed by atoms with Crippen LogP contribution in [-0.2, 0) is 9.59 Å². The first kappa shape index (κ1) is 14.0. The second kappa shape index (κ2) is 6.59. The fraction of sp³-hybridized carbons (Fsp3) is 0.833. The predicted molar refractivity (Wildman–Crippen MR) is 64.4 cm³/mol. The molecule has 5 heteroatoms. The number of carbonyl (C=O) groups is 2. The molecule has 0 aromatic carbocycles. The maximum atomic E-state index is 11.9. The number of carboxylic acids is 1. The van der Waals surface area contributed by atoms with Crippen molar-refractivity contribution in [2.24, 2.45) is 11.7 Å². The second-order valence-electron chi connectivity index (χ2n) is 4.77. The molecule has 2 unspecified atom stereocenters. The molecule has 3 N–H and O–H groups in total. The number of nitrogens with zero attached hydrogens (tertiary/aromatic N) is 1. The first-order valence-electron chi connectivity index (χ1n) is 6.30. The second-order valence-corrected chi connectivity index (χ2v) is 4.77. The first-order chi connectivity index (χ1) is 8.04. The van der Waals surface area contributed by atoms with E-state index in [0.29, 0.717) is 25.9 Å². The number of nitrogens with two attached hydrogens (primary N) is 1. The van der Waals surface area contributed by atoms with E-state index in [9.17, 15) is 9.59 Å². The maximum absolute atomic E-state index is 11.9. The van der Waals surface area contributed by atoms with Crippen LogP contribution in [0.1, 0.15) is 39.0 Å². The molecule has 17 heavy (non-hydrogen) atoms. The van der Waals surface area contributed by atoms with Crippen LogP contribution in [0.3, 0.4) is 0 Å². The number of hydrogen-bond donors (Lipinski definition) is 2. The number of piperidine rings is 1. The Morgan fingerprint density at radius 1 is 1.53 bits per heavy atom. The van der Waals surface area contributed by atoms with E-state index in [-0.39, 0.29) is 11.9 Å². The molecule has 0 aromatic heterocycles. The molecule has 1 rings (SSSR count). The van der Waals surface area contributed by atoms with E-state index in [4.69, 9.17) is 10.8 Å². The molecule has 1 fully saturated rings. The summed E-state index contributed by atoms with van der Waals surface area (Å²) >= 11 is 0. The highest BCUT2D eigenvalue weighted by Crippen LogP contribution is 2.17. The molecule has 98 valence electrons. The van der Waals surface area contributed by atoms with E-state index in [1.54, 1.807) is 4.90 Å². The zero-order valence-corrected chi connectivity index (χ0v) is 10.4. The van der Waals surface area contributed by atoms with E-state index >= 15 is 0 Å². The number of carboxylic acid groups (broad SMARTS) is 1. The summed E-state index contributed by atoms with van der Waals surface area (Å²) in [6, 6.07) is -0.0993. The van der Waals surface area contributed by atoms with Crippen molar-refractivity contribution >= 4 is 11.9 Å². The third kappa shape index (κ3) is 4.34. The standard InChI is InChI=1S/C12H22N2O3/c1-2-4-10(13)7-11(15)14-6-3-5-9(8-14)12(16)17/h9-10H,2-8,13H2,1H3,(H,16,17). The van der Waals surface area contributed by atoms with Crippen molar-refractivity contribution in [1.82, 2.24) is 4.90 Å². The van der Waals surface area contributed by atoms with Gasteiger partial charge in [-0.1, -0.05) is 13.3 Å². The van der Waals surface area contributed by atoms with E-state index in [1.165, 1.54) is 0 Å². The van der Waals surface area contributed by atoms with Crippen LogP contribution in [0, 0.1) is 5.92 Å². The summed E-state index contributed by atoms with van der Waals surface area (Å²) < 4.78 is 0. The van der Waals surface area contributed by atoms with E-state index < -0.39 is 11.9 Å². The molecule has 0 saturated carbocycles. The lowest BCUT2D eigenvalue weighted by atomic mass is 9.97. The monoisotopic (exact) mass is 242 g/mol. The third-order valence-corrected chi connectivity index (χ3v) is 3.22. The van der Waals surface area contributed by atoms with Crippen molar-refractivity contribution in [1.29, 1.82) is 0 Å². The minimum atomic E-state index is -0.805. The smallest absolute Gasteiger partial charge is 0.308 e. The van der Waals surface area contributed by atoms with Crippen LogP contribution in [0.15, 0.2) is 0 Å². The van der Waals surface area contributed by atoms with E-state index in [1.807, 2.05) is 6.92 Å². The number of aliphatic carboxylic acids is 1. The van der Waals surface area contributed by atoms with Crippen LogP contribution in [0.4, 0.5) is 0 Å². The molecule has 0 radical (unpaired) electrons. The van der Waals surface area contributed by atoms with Crippen LogP contribution in [-0.4, -0.2) is 41.0 Å². The van der Waals surface area contributed by atoms with Crippen molar-refractivity contribution in [3.63, 3.8) is 0 Å². The van der Waals surface area contributed by atoms with Gasteiger partial charge in [0.2, 0.25) is 5.91 Å². The fourth-order valence-corrected chi connectivity index (χ4v) is 2.23. The zero-order valence-electron chi connectivity index (χ0n) is 10.4. The lowest BCUT2D eigenvalue weighted by Crippen LogP contribution is -2.44. The Balaban J connectivity index is 2.43. The number of carbonyl (C=O) groups excluding carboxylic acids is 1. The molecule has 0 spiro atoms. The van der Waals surface area contributed by atoms with E-state index in [0.717, 1.165) is 19.3 Å². The number of amides is 1. The van der Waals surface area contributed by atoms with Crippen LogP contribution in [0.2, 0.25) is 0 Å². The van der Waals surface area contributed by atoms with Gasteiger partial charge in [0.05, 0.1) is 5.92 Å². The van der Waals surface area contributed by atoms with Crippen molar-refractivity contribution in [3.8, 4) is 0 Å². The topological polar surface area (TPSA) is 83.6 Å². The summed E-state index contributed by atoms with van der Waals surface area (Å²) in [5.41, 5.74) is 5.82. The third-order valence-electron chi connectivity index (χ3n) is 3.22. The van der Waals surface area contributed by atoms with Crippen LogP contribution < -0.4 is 5.73 Å². The van der Waals surface area contributed by atoms with Gasteiger partial charge in [0.1, 0.15) is 0 Å². The summed E-state index contributed by atoms with van der Waals surface area (Å²) in [6.45, 7) is 3.04. The van der Waals surface area contributed by atoms with Gasteiger partial charge in [0.15, 0.2) is 0 Å². The molecule has 0 aliphatic carbocycles. The van der Waals surface area contributed by atoms with Gasteiger partial charge >= 0.3 is 5.97 Å². The van der Waals surface area contributed by atoms with Crippen molar-refractivity contribution < 1.29 is 14.7 Å². The Bertz CT molecular complexity index is 281. The molecule has 1 aliphatic rings. The molecule has 0 bridgehead atoms. The molecule has 1 aliphatic heterocycles. The Hall–Kier alpha value is -1.10. The molecular weight excluding hydrogens is 220 g/mol. The first-order valence-corrected chi connectivity index (χ1v) is 6.30. The van der Waals surface area contributed by atoms with Gasteiger partial charge in [-0.25, -0.2) is 0 Å². The fourth-order valence-electron chi connectivity index (χ4n) is 2.23. The van der Waals surface area contributed by atoms with Gasteiger partial charge in [-0.05, 0) is 19.3 Å². The van der Waals surface area contributed by atoms with E-state index in [2.05, 4.69) is 0 Å². The average molecular weight is 242 g/mol. The highest BCUT2D eigenvalue weighted by molar-refractivity contribution is 5.78. The maximum Gasteiger partial charge on any atom is 0.308 e. The van der Waals surface area contributed by atoms with Crippen molar-refractivity contribution in [2.45, 2.75) is 45.1 Å². The molecule has 2 atom stereocenters. The van der Waals surface area contributed by atoms with Gasteiger partial charge in [-0.2, -0.15) is 0 Å². The summed E-state index contributed by atoms with van der Waals surface area (Å²) in [5.74, 6) is -1.22. The molecule has 1 saturated heterocycles. The number of hydrogen-bond acceptors (Lipinski definition) is 3. The predicted octanol–water partition coefficient (Wildman–Crippen LogP) is 0.827. The molecule has 5 nitrogen and oxygen atoms in total. The summed E-state index contributed by atoms with van der Waals surface area (Å²) in [5, 5.41) is 8.94. The summed E-state index contributed by atoms with van der Waals surface area (Å²) in [7, 11) is 0. The van der Waals surface area contributed by atoms with Crippen molar-refractivity contribution in [3.05, 3.63) is 0 Å². The lowest BCUT2D eigenvalue weighted by Gasteiger charge is -2.31. The number of likely N-dealkylation sites (tertiary alicyclic amines) is 1. The Morgan fingerprint density at radius 3 is 2.82 bits per heavy atom. The SMILES string of the molecule is CCCC(N)CC(=O)N1CCCC(C(=O)O)C1. The highest BCUT2D eigenvalue weighted by atomic mass is 16.4. The Morgan fingerprint density at radius 2 is 2.24 bits per heavy atom. The minimum Gasteiger partial charge on any atom is -0.481 e. The zero-order chi connectivity index (χ0) is 12.8.